The Balaban J connectivity index is 1.49. The summed E-state index contributed by atoms with van der Waals surface area (Å²) in [6, 6.07) is 2.02. The largest absolute Gasteiger partial charge is 0.481 e. The van der Waals surface area contributed by atoms with Crippen LogP contribution in [-0.2, 0) is 9.59 Å². The lowest BCUT2D eigenvalue weighted by molar-refractivity contribution is -0.148. The van der Waals surface area contributed by atoms with Crippen LogP contribution in [0.5, 0.6) is 0 Å². The minimum atomic E-state index is -0.708. The molecule has 0 spiro atoms. The first-order chi connectivity index (χ1) is 11.5. The molecule has 1 amide bonds. The van der Waals surface area contributed by atoms with Gasteiger partial charge in [0.05, 0.1) is 10.8 Å². The molecule has 1 saturated heterocycles. The molecular formula is C19H24N2O3. The number of pyridine rings is 1. The van der Waals surface area contributed by atoms with Crippen molar-refractivity contribution in [2.24, 2.45) is 10.8 Å². The number of amides is 1. The van der Waals surface area contributed by atoms with Crippen LogP contribution in [0.1, 0.15) is 55.6 Å². The number of aryl methyl sites for hydroxylation is 1. The van der Waals surface area contributed by atoms with Crippen molar-refractivity contribution in [3.63, 3.8) is 0 Å². The number of aromatic nitrogens is 1. The topological polar surface area (TPSA) is 70.5 Å². The van der Waals surface area contributed by atoms with Crippen LogP contribution in [0, 0.1) is 17.8 Å². The van der Waals surface area contributed by atoms with E-state index in [-0.39, 0.29) is 5.91 Å². The third-order valence-corrected chi connectivity index (χ3v) is 6.74. The van der Waals surface area contributed by atoms with Gasteiger partial charge in [-0.25, -0.2) is 0 Å². The first kappa shape index (κ1) is 15.6. The molecule has 2 heterocycles. The molecule has 1 N–H and O–H groups in total. The average Bonchev–Trinajstić information content (AvgIpc) is 3.29. The summed E-state index contributed by atoms with van der Waals surface area (Å²) in [4.78, 5) is 31.0. The summed E-state index contributed by atoms with van der Waals surface area (Å²) >= 11 is 0. The summed E-state index contributed by atoms with van der Waals surface area (Å²) in [6.45, 7) is 3.61. The van der Waals surface area contributed by atoms with Gasteiger partial charge in [0.1, 0.15) is 0 Å². The van der Waals surface area contributed by atoms with Gasteiger partial charge in [0.25, 0.3) is 0 Å². The van der Waals surface area contributed by atoms with Gasteiger partial charge in [-0.05, 0) is 62.6 Å². The molecule has 1 aromatic heterocycles. The lowest BCUT2D eigenvalue weighted by Gasteiger charge is -2.30. The fraction of sp³-hybridized carbons (Fsp3) is 0.632. The summed E-state index contributed by atoms with van der Waals surface area (Å²) in [5, 5.41) is 9.54. The second kappa shape index (κ2) is 5.30. The van der Waals surface area contributed by atoms with Crippen molar-refractivity contribution in [2.75, 3.05) is 13.1 Å². The highest BCUT2D eigenvalue weighted by molar-refractivity contribution is 5.87. The molecule has 1 unspecified atom stereocenters. The van der Waals surface area contributed by atoms with Crippen molar-refractivity contribution in [3.8, 4) is 0 Å². The van der Waals surface area contributed by atoms with E-state index in [9.17, 15) is 14.7 Å². The molecule has 2 bridgehead atoms. The molecule has 0 aromatic carbocycles. The summed E-state index contributed by atoms with van der Waals surface area (Å²) in [5.41, 5.74) is 1.43. The summed E-state index contributed by atoms with van der Waals surface area (Å²) in [7, 11) is 0. The predicted octanol–water partition coefficient (Wildman–Crippen LogP) is 2.74. The molecular weight excluding hydrogens is 304 g/mol. The Morgan fingerprint density at radius 1 is 1.25 bits per heavy atom. The molecule has 5 nitrogen and oxygen atoms in total. The Kier molecular flexibility index (Phi) is 3.44. The van der Waals surface area contributed by atoms with Gasteiger partial charge in [0.2, 0.25) is 5.91 Å². The van der Waals surface area contributed by atoms with Gasteiger partial charge in [0, 0.05) is 31.4 Å². The SMILES string of the molecule is Cc1ccncc1C1CCN(C(=O)C23CCC(C(=O)O)(CC2)C3)C1. The number of carboxylic acid groups (broad SMARTS) is 1. The summed E-state index contributed by atoms with van der Waals surface area (Å²) in [5.74, 6) is -0.154. The number of rotatable bonds is 3. The van der Waals surface area contributed by atoms with E-state index < -0.39 is 16.8 Å². The van der Waals surface area contributed by atoms with Gasteiger partial charge in [0.15, 0.2) is 0 Å². The third kappa shape index (κ3) is 2.17. The van der Waals surface area contributed by atoms with Crippen LogP contribution < -0.4 is 0 Å². The molecule has 5 heteroatoms. The van der Waals surface area contributed by atoms with E-state index in [4.69, 9.17) is 0 Å². The van der Waals surface area contributed by atoms with E-state index >= 15 is 0 Å². The number of aliphatic carboxylic acids is 1. The summed E-state index contributed by atoms with van der Waals surface area (Å²) in [6.07, 6.45) is 8.04. The zero-order valence-electron chi connectivity index (χ0n) is 14.1. The Hall–Kier alpha value is -1.91. The molecule has 0 radical (unpaired) electrons. The number of nitrogens with zero attached hydrogens (tertiary/aromatic N) is 2. The number of carboxylic acids is 1. The maximum atomic E-state index is 13.2. The zero-order valence-corrected chi connectivity index (χ0v) is 14.1. The maximum Gasteiger partial charge on any atom is 0.309 e. The molecule has 3 fully saturated rings. The van der Waals surface area contributed by atoms with Gasteiger partial charge in [-0.3, -0.25) is 14.6 Å². The van der Waals surface area contributed by atoms with Crippen molar-refractivity contribution in [1.29, 1.82) is 0 Å². The second-order valence-corrected chi connectivity index (χ2v) is 8.01. The molecule has 2 saturated carbocycles. The third-order valence-electron chi connectivity index (χ3n) is 6.74. The first-order valence-corrected chi connectivity index (χ1v) is 8.89. The van der Waals surface area contributed by atoms with Crippen LogP contribution in [0.3, 0.4) is 0 Å². The fourth-order valence-electron chi connectivity index (χ4n) is 5.22. The average molecular weight is 328 g/mol. The molecule has 3 aliphatic rings. The quantitative estimate of drug-likeness (QED) is 0.926. The molecule has 4 rings (SSSR count). The first-order valence-electron chi connectivity index (χ1n) is 8.89. The summed E-state index contributed by atoms with van der Waals surface area (Å²) < 4.78 is 0. The van der Waals surface area contributed by atoms with E-state index in [1.165, 1.54) is 11.1 Å². The minimum Gasteiger partial charge on any atom is -0.481 e. The van der Waals surface area contributed by atoms with Crippen molar-refractivity contribution < 1.29 is 14.7 Å². The lowest BCUT2D eigenvalue weighted by atomic mass is 9.81. The zero-order chi connectivity index (χ0) is 16.9. The highest BCUT2D eigenvalue weighted by atomic mass is 16.4. The Morgan fingerprint density at radius 3 is 2.58 bits per heavy atom. The monoisotopic (exact) mass is 328 g/mol. The van der Waals surface area contributed by atoms with Crippen LogP contribution >= 0.6 is 0 Å². The Morgan fingerprint density at radius 2 is 1.96 bits per heavy atom. The van der Waals surface area contributed by atoms with Gasteiger partial charge in [-0.1, -0.05) is 0 Å². The molecule has 1 aliphatic heterocycles. The molecule has 1 atom stereocenters. The Bertz CT molecular complexity index is 692. The van der Waals surface area contributed by atoms with Crippen LogP contribution in [0.4, 0.5) is 0 Å². The number of carbonyl (C=O) groups is 2. The standard InChI is InChI=1S/C19H24N2O3/c1-13-2-8-20-10-15(13)14-3-9-21(11-14)16(22)18-4-6-19(12-18,7-5-18)17(23)24/h2,8,10,14H,3-7,9,11-12H2,1H3,(H,23,24). The van der Waals surface area contributed by atoms with Gasteiger partial charge >= 0.3 is 5.97 Å². The normalized spacial score (nSPS) is 34.7. The number of hydrogen-bond donors (Lipinski definition) is 1. The van der Waals surface area contributed by atoms with Crippen LogP contribution in [0.15, 0.2) is 18.5 Å². The van der Waals surface area contributed by atoms with Crippen LogP contribution in [0.25, 0.3) is 0 Å². The molecule has 24 heavy (non-hydrogen) atoms. The smallest absolute Gasteiger partial charge is 0.309 e. The number of hydrogen-bond acceptors (Lipinski definition) is 3. The van der Waals surface area contributed by atoms with E-state index in [1.54, 1.807) is 6.20 Å². The maximum absolute atomic E-state index is 13.2. The van der Waals surface area contributed by atoms with Crippen LogP contribution in [-0.4, -0.2) is 40.0 Å². The van der Waals surface area contributed by atoms with Crippen molar-refractivity contribution in [3.05, 3.63) is 29.6 Å². The van der Waals surface area contributed by atoms with Gasteiger partial charge in [-0.15, -0.1) is 0 Å². The lowest BCUT2D eigenvalue weighted by Crippen LogP contribution is -2.40. The second-order valence-electron chi connectivity index (χ2n) is 8.01. The molecule has 2 aliphatic carbocycles. The van der Waals surface area contributed by atoms with Gasteiger partial charge in [-0.2, -0.15) is 0 Å². The van der Waals surface area contributed by atoms with Gasteiger partial charge < -0.3 is 10.0 Å². The highest BCUT2D eigenvalue weighted by Crippen LogP contribution is 2.62. The van der Waals surface area contributed by atoms with E-state index in [0.717, 1.165) is 32.4 Å². The van der Waals surface area contributed by atoms with Crippen molar-refractivity contribution in [2.45, 2.75) is 51.4 Å². The predicted molar refractivity (Wildman–Crippen MR) is 88.5 cm³/mol. The van der Waals surface area contributed by atoms with E-state index in [0.29, 0.717) is 25.2 Å². The molecule has 1 aromatic rings. The van der Waals surface area contributed by atoms with E-state index in [1.807, 2.05) is 17.2 Å². The molecule has 128 valence electrons. The Labute approximate surface area is 142 Å². The van der Waals surface area contributed by atoms with E-state index in [2.05, 4.69) is 11.9 Å². The number of likely N-dealkylation sites (tertiary alicyclic amines) is 1. The van der Waals surface area contributed by atoms with Crippen molar-refractivity contribution >= 4 is 11.9 Å². The highest BCUT2D eigenvalue weighted by Gasteiger charge is 2.62. The van der Waals surface area contributed by atoms with Crippen LogP contribution in [0.2, 0.25) is 0 Å². The number of carbonyl (C=O) groups excluding carboxylic acids is 1. The van der Waals surface area contributed by atoms with Crippen molar-refractivity contribution in [1.82, 2.24) is 9.88 Å². The fourth-order valence-corrected chi connectivity index (χ4v) is 5.22. The number of fused-ring (bicyclic) bond motifs is 2. The minimum absolute atomic E-state index is 0.201.